The Kier molecular flexibility index (Phi) is 6.78. The molecule has 2 rings (SSSR count). The van der Waals surface area contributed by atoms with Crippen molar-refractivity contribution >= 4 is 0 Å². The van der Waals surface area contributed by atoms with Gasteiger partial charge in [-0.3, -0.25) is 0 Å². The molecule has 0 unspecified atom stereocenters. The van der Waals surface area contributed by atoms with Gasteiger partial charge >= 0.3 is 0 Å². The smallest absolute Gasteiger partial charge is 0.160 e. The predicted octanol–water partition coefficient (Wildman–Crippen LogP) is 3.12. The highest BCUT2D eigenvalue weighted by Crippen LogP contribution is 2.33. The van der Waals surface area contributed by atoms with Crippen molar-refractivity contribution in [2.75, 3.05) is 26.4 Å². The number of nitriles is 1. The van der Waals surface area contributed by atoms with Gasteiger partial charge in [-0.25, -0.2) is 0 Å². The lowest BCUT2D eigenvalue weighted by Gasteiger charge is -2.36. The summed E-state index contributed by atoms with van der Waals surface area (Å²) in [6.07, 6.45) is 6.18. The lowest BCUT2D eigenvalue weighted by atomic mass is 9.82. The summed E-state index contributed by atoms with van der Waals surface area (Å²) in [7, 11) is 0. The Morgan fingerprint density at radius 3 is 2.40 bits per heavy atom. The van der Waals surface area contributed by atoms with Gasteiger partial charge in [0, 0.05) is 31.0 Å². The zero-order valence-electron chi connectivity index (χ0n) is 12.6. The third-order valence-corrected chi connectivity index (χ3v) is 4.35. The molecule has 0 atom stereocenters. The summed E-state index contributed by atoms with van der Waals surface area (Å²) in [5.41, 5.74) is 0. The van der Waals surface area contributed by atoms with Crippen LogP contribution in [0.4, 0.5) is 0 Å². The molecule has 2 fully saturated rings. The second kappa shape index (κ2) is 8.61. The van der Waals surface area contributed by atoms with Crippen LogP contribution in [0.25, 0.3) is 0 Å². The molecule has 0 aromatic heterocycles. The fourth-order valence-corrected chi connectivity index (χ4v) is 3.01. The second-order valence-electron chi connectivity index (χ2n) is 6.04. The van der Waals surface area contributed by atoms with Gasteiger partial charge in [-0.15, -0.1) is 0 Å². The number of ether oxygens (including phenoxy) is 3. The number of hydrogen-bond acceptors (Lipinski definition) is 4. The van der Waals surface area contributed by atoms with Crippen LogP contribution in [0.1, 0.15) is 45.4 Å². The molecule has 0 radical (unpaired) electrons. The monoisotopic (exact) mass is 281 g/mol. The molecule has 4 heteroatoms. The molecule has 0 amide bonds. The third-order valence-electron chi connectivity index (χ3n) is 4.35. The van der Waals surface area contributed by atoms with Crippen molar-refractivity contribution in [2.24, 2.45) is 17.8 Å². The highest BCUT2D eigenvalue weighted by atomic mass is 16.7. The van der Waals surface area contributed by atoms with Crippen molar-refractivity contribution in [2.45, 2.75) is 51.7 Å². The zero-order chi connectivity index (χ0) is 14.2. The summed E-state index contributed by atoms with van der Waals surface area (Å²) in [5.74, 6) is 1.20. The molecule has 1 aliphatic carbocycles. The van der Waals surface area contributed by atoms with E-state index in [1.807, 2.05) is 0 Å². The Labute approximate surface area is 122 Å². The Bertz CT molecular complexity index is 299. The normalized spacial score (nSPS) is 34.6. The van der Waals surface area contributed by atoms with Crippen molar-refractivity contribution in [3.8, 4) is 6.07 Å². The van der Waals surface area contributed by atoms with Crippen molar-refractivity contribution < 1.29 is 14.2 Å². The van der Waals surface area contributed by atoms with Crippen LogP contribution in [0.2, 0.25) is 0 Å². The van der Waals surface area contributed by atoms with Crippen LogP contribution < -0.4 is 0 Å². The second-order valence-corrected chi connectivity index (χ2v) is 6.04. The lowest BCUT2D eigenvalue weighted by Crippen LogP contribution is -2.38. The van der Waals surface area contributed by atoms with Gasteiger partial charge in [-0.1, -0.05) is 6.92 Å². The van der Waals surface area contributed by atoms with Gasteiger partial charge in [0.05, 0.1) is 19.3 Å². The predicted molar refractivity (Wildman–Crippen MR) is 76.0 cm³/mol. The van der Waals surface area contributed by atoms with E-state index >= 15 is 0 Å². The van der Waals surface area contributed by atoms with Crippen molar-refractivity contribution in [3.05, 3.63) is 0 Å². The van der Waals surface area contributed by atoms with Crippen LogP contribution in [0.3, 0.4) is 0 Å². The molecular formula is C16H27NO3. The Morgan fingerprint density at radius 1 is 1.10 bits per heavy atom. The maximum atomic E-state index is 8.92. The first-order valence-corrected chi connectivity index (χ1v) is 8.04. The number of rotatable bonds is 6. The largest absolute Gasteiger partial charge is 0.381 e. The van der Waals surface area contributed by atoms with Crippen LogP contribution in [-0.4, -0.2) is 32.7 Å². The molecule has 0 aromatic rings. The van der Waals surface area contributed by atoms with Gasteiger partial charge < -0.3 is 14.2 Å². The molecule has 1 saturated heterocycles. The van der Waals surface area contributed by atoms with Gasteiger partial charge in [0.1, 0.15) is 0 Å². The van der Waals surface area contributed by atoms with Crippen molar-refractivity contribution in [3.63, 3.8) is 0 Å². The molecule has 4 nitrogen and oxygen atoms in total. The molecule has 114 valence electrons. The molecule has 0 aromatic carbocycles. The maximum Gasteiger partial charge on any atom is 0.160 e. The standard InChI is InChI=1S/C16H27NO3/c1-2-8-18-9-7-14-11-19-16(20-12-14)15-5-3-13(10-17)4-6-15/h13-16H,2-9,11-12H2,1H3/t13?,14-,15?,16-. The highest BCUT2D eigenvalue weighted by Gasteiger charge is 2.32. The minimum atomic E-state index is -0.0394. The fourth-order valence-electron chi connectivity index (χ4n) is 3.01. The third kappa shape index (κ3) is 4.73. The van der Waals surface area contributed by atoms with Gasteiger partial charge in [-0.05, 0) is 38.5 Å². The molecule has 2 aliphatic rings. The first-order chi connectivity index (χ1) is 9.83. The highest BCUT2D eigenvalue weighted by molar-refractivity contribution is 4.88. The molecule has 1 heterocycles. The number of nitrogens with zero attached hydrogens (tertiary/aromatic N) is 1. The minimum Gasteiger partial charge on any atom is -0.381 e. The van der Waals surface area contributed by atoms with E-state index in [2.05, 4.69) is 13.0 Å². The first-order valence-electron chi connectivity index (χ1n) is 8.04. The van der Waals surface area contributed by atoms with Crippen LogP contribution in [-0.2, 0) is 14.2 Å². The van der Waals surface area contributed by atoms with Crippen LogP contribution in [0, 0.1) is 29.1 Å². The van der Waals surface area contributed by atoms with Gasteiger partial charge in [0.2, 0.25) is 0 Å². The summed E-state index contributed by atoms with van der Waals surface area (Å²) in [6, 6.07) is 2.37. The Morgan fingerprint density at radius 2 is 1.80 bits per heavy atom. The summed E-state index contributed by atoms with van der Waals surface area (Å²) >= 11 is 0. The van der Waals surface area contributed by atoms with Crippen LogP contribution >= 0.6 is 0 Å². The molecule has 1 saturated carbocycles. The van der Waals surface area contributed by atoms with E-state index in [1.54, 1.807) is 0 Å². The summed E-state index contributed by atoms with van der Waals surface area (Å²) in [4.78, 5) is 0. The van der Waals surface area contributed by atoms with E-state index in [4.69, 9.17) is 19.5 Å². The Hall–Kier alpha value is -0.630. The summed E-state index contributed by atoms with van der Waals surface area (Å²) in [6.45, 7) is 5.36. The van der Waals surface area contributed by atoms with E-state index in [0.29, 0.717) is 11.8 Å². The van der Waals surface area contributed by atoms with Gasteiger partial charge in [0.25, 0.3) is 0 Å². The Balaban J connectivity index is 1.61. The zero-order valence-corrected chi connectivity index (χ0v) is 12.6. The first kappa shape index (κ1) is 15.8. The van der Waals surface area contributed by atoms with Crippen molar-refractivity contribution in [1.29, 1.82) is 5.26 Å². The van der Waals surface area contributed by atoms with Crippen LogP contribution in [0.5, 0.6) is 0 Å². The molecule has 0 N–H and O–H groups in total. The van der Waals surface area contributed by atoms with Crippen molar-refractivity contribution in [1.82, 2.24) is 0 Å². The average Bonchev–Trinajstić information content (AvgIpc) is 2.52. The van der Waals surface area contributed by atoms with E-state index in [9.17, 15) is 0 Å². The average molecular weight is 281 g/mol. The van der Waals surface area contributed by atoms with E-state index < -0.39 is 0 Å². The van der Waals surface area contributed by atoms with E-state index in [0.717, 1.165) is 65.0 Å². The van der Waals surface area contributed by atoms with Crippen LogP contribution in [0.15, 0.2) is 0 Å². The maximum absolute atomic E-state index is 8.92. The molecule has 20 heavy (non-hydrogen) atoms. The quantitative estimate of drug-likeness (QED) is 0.702. The molecule has 1 aliphatic heterocycles. The van der Waals surface area contributed by atoms with E-state index in [-0.39, 0.29) is 12.2 Å². The van der Waals surface area contributed by atoms with Gasteiger partial charge in [-0.2, -0.15) is 5.26 Å². The molecular weight excluding hydrogens is 254 g/mol. The molecule has 0 bridgehead atoms. The minimum absolute atomic E-state index is 0.0394. The fraction of sp³-hybridized carbons (Fsp3) is 0.938. The summed E-state index contributed by atoms with van der Waals surface area (Å²) in [5, 5.41) is 8.92. The summed E-state index contributed by atoms with van der Waals surface area (Å²) < 4.78 is 17.3. The molecule has 0 spiro atoms. The SMILES string of the molecule is CCCOCC[C@H]1CO[C@H](C2CCC(C#N)CC2)OC1. The van der Waals surface area contributed by atoms with E-state index in [1.165, 1.54) is 0 Å². The number of hydrogen-bond donors (Lipinski definition) is 0. The topological polar surface area (TPSA) is 51.5 Å². The lowest BCUT2D eigenvalue weighted by molar-refractivity contribution is -0.230. The van der Waals surface area contributed by atoms with Gasteiger partial charge in [0.15, 0.2) is 6.29 Å².